The molecule has 1 saturated carbocycles. The summed E-state index contributed by atoms with van der Waals surface area (Å²) in [5, 5.41) is 19.3. The number of aliphatic hydroxyl groups is 1. The lowest BCUT2D eigenvalue weighted by atomic mass is 9.95. The second kappa shape index (κ2) is 6.87. The standard InChI is InChI=1S/C16H21N5O2/c1-2-10-5-12(6-11(10)8-22)20-16-13(7-17-9-18-16)15(23)14-3-4-19-21-14/h3-4,7,9-12,22H,2,5-6,8H2,1H3,(H,19,21)(H,17,18,20). The van der Waals surface area contributed by atoms with Crippen LogP contribution in [0, 0.1) is 11.8 Å². The monoisotopic (exact) mass is 315 g/mol. The highest BCUT2D eigenvalue weighted by Crippen LogP contribution is 2.35. The average molecular weight is 315 g/mol. The third kappa shape index (κ3) is 3.24. The number of nitrogens with zero attached hydrogens (tertiary/aromatic N) is 3. The van der Waals surface area contributed by atoms with Crippen molar-refractivity contribution in [2.75, 3.05) is 11.9 Å². The molecule has 0 spiro atoms. The van der Waals surface area contributed by atoms with Crippen LogP contribution in [0.3, 0.4) is 0 Å². The molecule has 3 atom stereocenters. The van der Waals surface area contributed by atoms with Crippen molar-refractivity contribution >= 4 is 11.6 Å². The summed E-state index contributed by atoms with van der Waals surface area (Å²) in [5.41, 5.74) is 0.839. The lowest BCUT2D eigenvalue weighted by Gasteiger charge is -2.15. The highest BCUT2D eigenvalue weighted by Gasteiger charge is 2.33. The van der Waals surface area contributed by atoms with Crippen LogP contribution in [0.15, 0.2) is 24.8 Å². The molecular weight excluding hydrogens is 294 g/mol. The van der Waals surface area contributed by atoms with Crippen molar-refractivity contribution in [3.63, 3.8) is 0 Å². The normalized spacial score (nSPS) is 23.8. The van der Waals surface area contributed by atoms with E-state index in [-0.39, 0.29) is 18.4 Å². The summed E-state index contributed by atoms with van der Waals surface area (Å²) < 4.78 is 0. The zero-order chi connectivity index (χ0) is 16.2. The Morgan fingerprint density at radius 2 is 2.26 bits per heavy atom. The molecule has 2 aromatic heterocycles. The van der Waals surface area contributed by atoms with Gasteiger partial charge in [-0.15, -0.1) is 0 Å². The number of hydrogen-bond donors (Lipinski definition) is 3. The molecular formula is C16H21N5O2. The van der Waals surface area contributed by atoms with Gasteiger partial charge >= 0.3 is 0 Å². The summed E-state index contributed by atoms with van der Waals surface area (Å²) in [6, 6.07) is 1.84. The molecule has 3 unspecified atom stereocenters. The van der Waals surface area contributed by atoms with Crippen molar-refractivity contribution in [1.82, 2.24) is 20.2 Å². The van der Waals surface area contributed by atoms with Crippen molar-refractivity contribution in [2.45, 2.75) is 32.2 Å². The van der Waals surface area contributed by atoms with Gasteiger partial charge in [0.15, 0.2) is 0 Å². The number of nitrogens with one attached hydrogen (secondary N) is 2. The fourth-order valence-corrected chi connectivity index (χ4v) is 3.39. The third-order valence-corrected chi connectivity index (χ3v) is 4.64. The Bertz CT molecular complexity index is 646. The number of carbonyl (C=O) groups is 1. The molecule has 2 aromatic rings. The average Bonchev–Trinajstić information content (AvgIpc) is 3.24. The number of hydrogen-bond acceptors (Lipinski definition) is 6. The molecule has 3 rings (SSSR count). The van der Waals surface area contributed by atoms with Crippen molar-refractivity contribution in [1.29, 1.82) is 0 Å². The number of carbonyl (C=O) groups excluding carboxylic acids is 1. The molecule has 7 heteroatoms. The fourth-order valence-electron chi connectivity index (χ4n) is 3.39. The summed E-state index contributed by atoms with van der Waals surface area (Å²) in [4.78, 5) is 20.7. The topological polar surface area (TPSA) is 104 Å². The zero-order valence-electron chi connectivity index (χ0n) is 13.1. The first kappa shape index (κ1) is 15.6. The Balaban J connectivity index is 1.78. The van der Waals surface area contributed by atoms with E-state index in [1.807, 2.05) is 0 Å². The number of aromatic amines is 1. The second-order valence-corrected chi connectivity index (χ2v) is 6.01. The van der Waals surface area contributed by atoms with Gasteiger partial charge < -0.3 is 10.4 Å². The first-order valence-corrected chi connectivity index (χ1v) is 7.94. The van der Waals surface area contributed by atoms with Gasteiger partial charge in [-0.05, 0) is 30.7 Å². The number of ketones is 1. The SMILES string of the molecule is CCC1CC(Nc2ncncc2C(=O)c2ccn[nH]2)CC1CO. The van der Waals surface area contributed by atoms with Gasteiger partial charge in [0.2, 0.25) is 5.78 Å². The molecule has 2 heterocycles. The second-order valence-electron chi connectivity index (χ2n) is 6.01. The van der Waals surface area contributed by atoms with Crippen LogP contribution in [0.5, 0.6) is 0 Å². The van der Waals surface area contributed by atoms with Crippen molar-refractivity contribution < 1.29 is 9.90 Å². The summed E-state index contributed by atoms with van der Waals surface area (Å²) in [6.45, 7) is 2.36. The first-order chi connectivity index (χ1) is 11.2. The minimum absolute atomic E-state index is 0.186. The fraction of sp³-hybridized carbons (Fsp3) is 0.500. The number of H-pyrrole nitrogens is 1. The van der Waals surface area contributed by atoms with Gasteiger partial charge in [0, 0.05) is 25.0 Å². The molecule has 0 bridgehead atoms. The van der Waals surface area contributed by atoms with Crippen LogP contribution in [0.2, 0.25) is 0 Å². The lowest BCUT2D eigenvalue weighted by molar-refractivity contribution is 0.103. The predicted octanol–water partition coefficient (Wildman–Crippen LogP) is 1.64. The number of aliphatic hydroxyl groups excluding tert-OH is 1. The van der Waals surface area contributed by atoms with Gasteiger partial charge in [-0.2, -0.15) is 5.10 Å². The highest BCUT2D eigenvalue weighted by atomic mass is 16.3. The van der Waals surface area contributed by atoms with Crippen LogP contribution < -0.4 is 5.32 Å². The van der Waals surface area contributed by atoms with Crippen LogP contribution in [-0.4, -0.2) is 43.7 Å². The van der Waals surface area contributed by atoms with E-state index in [1.54, 1.807) is 12.3 Å². The van der Waals surface area contributed by atoms with Gasteiger partial charge in [0.05, 0.1) is 5.56 Å². The van der Waals surface area contributed by atoms with E-state index in [0.717, 1.165) is 19.3 Å². The number of aromatic nitrogens is 4. The molecule has 0 radical (unpaired) electrons. The smallest absolute Gasteiger partial charge is 0.216 e. The highest BCUT2D eigenvalue weighted by molar-refractivity contribution is 6.10. The molecule has 3 N–H and O–H groups in total. The van der Waals surface area contributed by atoms with E-state index < -0.39 is 0 Å². The summed E-state index contributed by atoms with van der Waals surface area (Å²) in [5.74, 6) is 1.17. The molecule has 1 aliphatic rings. The van der Waals surface area contributed by atoms with Crippen LogP contribution in [-0.2, 0) is 0 Å². The molecule has 0 saturated heterocycles. The van der Waals surface area contributed by atoms with Gasteiger partial charge in [-0.1, -0.05) is 13.3 Å². The maximum Gasteiger partial charge on any atom is 0.216 e. The van der Waals surface area contributed by atoms with E-state index >= 15 is 0 Å². The van der Waals surface area contributed by atoms with Crippen molar-refractivity contribution in [2.24, 2.45) is 11.8 Å². The van der Waals surface area contributed by atoms with Crippen LogP contribution in [0.25, 0.3) is 0 Å². The van der Waals surface area contributed by atoms with Crippen LogP contribution in [0.1, 0.15) is 42.2 Å². The lowest BCUT2D eigenvalue weighted by Crippen LogP contribution is -2.20. The molecule has 0 aliphatic heterocycles. The Hall–Kier alpha value is -2.28. The Morgan fingerprint density at radius 1 is 1.43 bits per heavy atom. The minimum Gasteiger partial charge on any atom is -0.396 e. The van der Waals surface area contributed by atoms with Crippen molar-refractivity contribution in [3.05, 3.63) is 36.0 Å². The van der Waals surface area contributed by atoms with E-state index in [0.29, 0.717) is 28.9 Å². The largest absolute Gasteiger partial charge is 0.396 e. The Labute approximate surface area is 134 Å². The maximum atomic E-state index is 12.5. The van der Waals surface area contributed by atoms with E-state index in [2.05, 4.69) is 32.4 Å². The first-order valence-electron chi connectivity index (χ1n) is 7.94. The van der Waals surface area contributed by atoms with Crippen molar-refractivity contribution in [3.8, 4) is 0 Å². The Morgan fingerprint density at radius 3 is 2.91 bits per heavy atom. The molecule has 0 aromatic carbocycles. The van der Waals surface area contributed by atoms with Gasteiger partial charge in [-0.25, -0.2) is 9.97 Å². The Kier molecular flexibility index (Phi) is 4.66. The van der Waals surface area contributed by atoms with E-state index in [4.69, 9.17) is 0 Å². The summed E-state index contributed by atoms with van der Waals surface area (Å²) in [6.07, 6.45) is 7.40. The minimum atomic E-state index is -0.186. The van der Waals surface area contributed by atoms with Crippen LogP contribution in [0.4, 0.5) is 5.82 Å². The van der Waals surface area contributed by atoms with E-state index in [1.165, 1.54) is 12.5 Å². The quantitative estimate of drug-likeness (QED) is 0.700. The summed E-state index contributed by atoms with van der Waals surface area (Å²) >= 11 is 0. The van der Waals surface area contributed by atoms with E-state index in [9.17, 15) is 9.90 Å². The van der Waals surface area contributed by atoms with Gasteiger partial charge in [0.25, 0.3) is 0 Å². The molecule has 122 valence electrons. The molecule has 7 nitrogen and oxygen atoms in total. The molecule has 1 fully saturated rings. The predicted molar refractivity (Wildman–Crippen MR) is 85.1 cm³/mol. The molecule has 23 heavy (non-hydrogen) atoms. The number of anilines is 1. The molecule has 1 aliphatic carbocycles. The maximum absolute atomic E-state index is 12.5. The van der Waals surface area contributed by atoms with Gasteiger partial charge in [0.1, 0.15) is 17.8 Å². The summed E-state index contributed by atoms with van der Waals surface area (Å²) in [7, 11) is 0. The van der Waals surface area contributed by atoms with Gasteiger partial charge in [-0.3, -0.25) is 9.89 Å². The zero-order valence-corrected chi connectivity index (χ0v) is 13.1. The third-order valence-electron chi connectivity index (χ3n) is 4.64. The van der Waals surface area contributed by atoms with Crippen LogP contribution >= 0.6 is 0 Å². The number of rotatable bonds is 6. The molecule has 0 amide bonds.